The number of H-pyrrole nitrogens is 1. The fourth-order valence-corrected chi connectivity index (χ4v) is 1.38. The first-order chi connectivity index (χ1) is 8.66. The second-order valence-corrected chi connectivity index (χ2v) is 3.58. The average molecular weight is 247 g/mol. The molecule has 0 aliphatic rings. The molecule has 0 aliphatic carbocycles. The molecule has 0 unspecified atom stereocenters. The van der Waals surface area contributed by atoms with Crippen LogP contribution in [0.5, 0.6) is 0 Å². The SMILES string of the molecule is O=C(NCc1ccccc1F)c1ccc(=O)[nH]n1. The number of hydrogen-bond acceptors (Lipinski definition) is 3. The molecule has 2 aromatic rings. The molecule has 18 heavy (non-hydrogen) atoms. The van der Waals surface area contributed by atoms with Crippen LogP contribution in [0.1, 0.15) is 16.1 Å². The molecule has 0 radical (unpaired) electrons. The van der Waals surface area contributed by atoms with Crippen molar-refractivity contribution >= 4 is 5.91 Å². The molecule has 0 saturated carbocycles. The average Bonchev–Trinajstić information content (AvgIpc) is 2.38. The van der Waals surface area contributed by atoms with Gasteiger partial charge in [-0.15, -0.1) is 0 Å². The van der Waals surface area contributed by atoms with Gasteiger partial charge >= 0.3 is 0 Å². The minimum Gasteiger partial charge on any atom is -0.346 e. The Morgan fingerprint density at radius 1 is 1.28 bits per heavy atom. The fraction of sp³-hybridized carbons (Fsp3) is 0.0833. The zero-order chi connectivity index (χ0) is 13.0. The van der Waals surface area contributed by atoms with Gasteiger partial charge in [0.15, 0.2) is 0 Å². The number of halogens is 1. The maximum atomic E-state index is 13.3. The predicted octanol–water partition coefficient (Wildman–Crippen LogP) is 0.839. The maximum absolute atomic E-state index is 13.3. The minimum absolute atomic E-state index is 0.0618. The lowest BCUT2D eigenvalue weighted by molar-refractivity contribution is 0.0944. The standard InChI is InChI=1S/C12H10FN3O2/c13-9-4-2-1-3-8(9)7-14-12(18)10-5-6-11(17)16-15-10/h1-6H,7H2,(H,14,18)(H,16,17). The van der Waals surface area contributed by atoms with Crippen molar-refractivity contribution in [1.82, 2.24) is 15.5 Å². The summed E-state index contributed by atoms with van der Waals surface area (Å²) in [6.07, 6.45) is 0. The van der Waals surface area contributed by atoms with E-state index < -0.39 is 5.91 Å². The number of amides is 1. The first-order valence-electron chi connectivity index (χ1n) is 5.24. The van der Waals surface area contributed by atoms with Crippen LogP contribution in [0.3, 0.4) is 0 Å². The zero-order valence-corrected chi connectivity index (χ0v) is 9.31. The molecule has 0 saturated heterocycles. The van der Waals surface area contributed by atoms with E-state index in [1.54, 1.807) is 18.2 Å². The molecule has 0 fully saturated rings. The number of carbonyl (C=O) groups is 1. The van der Waals surface area contributed by atoms with Crippen LogP contribution in [0.15, 0.2) is 41.2 Å². The van der Waals surface area contributed by atoms with Gasteiger partial charge in [0.05, 0.1) is 0 Å². The van der Waals surface area contributed by atoms with Gasteiger partial charge in [-0.05, 0) is 12.1 Å². The summed E-state index contributed by atoms with van der Waals surface area (Å²) in [5.41, 5.74) is 0.0712. The van der Waals surface area contributed by atoms with Gasteiger partial charge < -0.3 is 5.32 Å². The summed E-state index contributed by atoms with van der Waals surface area (Å²) in [7, 11) is 0. The van der Waals surface area contributed by atoms with Crippen LogP contribution in [-0.2, 0) is 6.54 Å². The fourth-order valence-electron chi connectivity index (χ4n) is 1.38. The number of rotatable bonds is 3. The zero-order valence-electron chi connectivity index (χ0n) is 9.31. The van der Waals surface area contributed by atoms with Crippen LogP contribution < -0.4 is 10.9 Å². The minimum atomic E-state index is -0.477. The second kappa shape index (κ2) is 5.22. The topological polar surface area (TPSA) is 74.8 Å². The highest BCUT2D eigenvalue weighted by Gasteiger charge is 2.08. The Morgan fingerprint density at radius 2 is 2.06 bits per heavy atom. The predicted molar refractivity (Wildman–Crippen MR) is 62.4 cm³/mol. The second-order valence-electron chi connectivity index (χ2n) is 3.58. The summed E-state index contributed by atoms with van der Waals surface area (Å²) in [5.74, 6) is -0.860. The van der Waals surface area contributed by atoms with Crippen molar-refractivity contribution in [2.24, 2.45) is 0 Å². The summed E-state index contributed by atoms with van der Waals surface area (Å²) >= 11 is 0. The summed E-state index contributed by atoms with van der Waals surface area (Å²) in [6, 6.07) is 8.66. The van der Waals surface area contributed by atoms with Crippen LogP contribution in [-0.4, -0.2) is 16.1 Å². The van der Waals surface area contributed by atoms with Gasteiger partial charge in [-0.2, -0.15) is 5.10 Å². The first kappa shape index (κ1) is 12.0. The van der Waals surface area contributed by atoms with E-state index >= 15 is 0 Å². The lowest BCUT2D eigenvalue weighted by Crippen LogP contribution is -2.25. The molecule has 2 N–H and O–H groups in total. The van der Waals surface area contributed by atoms with Crippen LogP contribution >= 0.6 is 0 Å². The van der Waals surface area contributed by atoms with Gasteiger partial charge in [-0.1, -0.05) is 18.2 Å². The highest BCUT2D eigenvalue weighted by Crippen LogP contribution is 2.05. The molecular weight excluding hydrogens is 237 g/mol. The normalized spacial score (nSPS) is 10.1. The van der Waals surface area contributed by atoms with Crippen molar-refractivity contribution in [2.45, 2.75) is 6.54 Å². The van der Waals surface area contributed by atoms with Gasteiger partial charge in [-0.25, -0.2) is 9.49 Å². The summed E-state index contributed by atoms with van der Waals surface area (Å²) in [4.78, 5) is 22.4. The molecule has 6 heteroatoms. The van der Waals surface area contributed by atoms with E-state index in [1.165, 1.54) is 18.2 Å². The van der Waals surface area contributed by atoms with E-state index in [9.17, 15) is 14.0 Å². The van der Waals surface area contributed by atoms with Gasteiger partial charge in [0.25, 0.3) is 11.5 Å². The van der Waals surface area contributed by atoms with Crippen molar-refractivity contribution in [3.05, 3.63) is 63.8 Å². The lowest BCUT2D eigenvalue weighted by Gasteiger charge is -2.05. The van der Waals surface area contributed by atoms with E-state index in [0.29, 0.717) is 5.56 Å². The van der Waals surface area contributed by atoms with Gasteiger partial charge in [-0.3, -0.25) is 9.59 Å². The number of nitrogens with one attached hydrogen (secondary N) is 2. The summed E-state index contributed by atoms with van der Waals surface area (Å²) < 4.78 is 13.3. The quantitative estimate of drug-likeness (QED) is 0.843. The molecular formula is C12H10FN3O2. The van der Waals surface area contributed by atoms with Gasteiger partial charge in [0.2, 0.25) is 0 Å². The molecule has 0 atom stereocenters. The Kier molecular flexibility index (Phi) is 3.47. The monoisotopic (exact) mass is 247 g/mol. The molecule has 0 spiro atoms. The highest BCUT2D eigenvalue weighted by molar-refractivity contribution is 5.91. The number of aromatic nitrogens is 2. The Morgan fingerprint density at radius 3 is 2.72 bits per heavy atom. The highest BCUT2D eigenvalue weighted by atomic mass is 19.1. The molecule has 5 nitrogen and oxygen atoms in total. The Labute approximate surface area is 102 Å². The molecule has 2 rings (SSSR count). The third-order valence-corrected chi connectivity index (χ3v) is 2.31. The largest absolute Gasteiger partial charge is 0.346 e. The van der Waals surface area contributed by atoms with E-state index in [1.807, 2.05) is 0 Å². The van der Waals surface area contributed by atoms with Gasteiger partial charge in [0, 0.05) is 18.2 Å². The molecule has 1 heterocycles. The van der Waals surface area contributed by atoms with Crippen molar-refractivity contribution in [3.8, 4) is 0 Å². The van der Waals surface area contributed by atoms with Crippen molar-refractivity contribution in [1.29, 1.82) is 0 Å². The van der Waals surface area contributed by atoms with Crippen molar-refractivity contribution in [2.75, 3.05) is 0 Å². The van der Waals surface area contributed by atoms with Crippen molar-refractivity contribution in [3.63, 3.8) is 0 Å². The van der Waals surface area contributed by atoms with E-state index in [2.05, 4.69) is 15.5 Å². The summed E-state index contributed by atoms with van der Waals surface area (Å²) in [5, 5.41) is 8.23. The third-order valence-electron chi connectivity index (χ3n) is 2.31. The van der Waals surface area contributed by atoms with E-state index in [0.717, 1.165) is 0 Å². The lowest BCUT2D eigenvalue weighted by atomic mass is 10.2. The Hall–Kier alpha value is -2.50. The van der Waals surface area contributed by atoms with E-state index in [-0.39, 0.29) is 23.6 Å². The van der Waals surface area contributed by atoms with Crippen molar-refractivity contribution < 1.29 is 9.18 Å². The maximum Gasteiger partial charge on any atom is 0.271 e. The number of carbonyl (C=O) groups excluding carboxylic acids is 1. The van der Waals surface area contributed by atoms with Gasteiger partial charge in [0.1, 0.15) is 11.5 Å². The van der Waals surface area contributed by atoms with Crippen LogP contribution in [0.25, 0.3) is 0 Å². The Bertz CT molecular complexity index is 604. The first-order valence-corrected chi connectivity index (χ1v) is 5.24. The van der Waals surface area contributed by atoms with Crippen LogP contribution in [0.4, 0.5) is 4.39 Å². The van der Waals surface area contributed by atoms with Crippen LogP contribution in [0, 0.1) is 5.82 Å². The molecule has 1 aromatic heterocycles. The summed E-state index contributed by atoms with van der Waals surface area (Å²) in [6.45, 7) is 0.0618. The molecule has 0 bridgehead atoms. The smallest absolute Gasteiger partial charge is 0.271 e. The third kappa shape index (κ3) is 2.79. The number of hydrogen-bond donors (Lipinski definition) is 2. The molecule has 92 valence electrons. The molecule has 0 aliphatic heterocycles. The number of aromatic amines is 1. The molecule has 1 amide bonds. The molecule has 1 aromatic carbocycles. The number of benzene rings is 1. The van der Waals surface area contributed by atoms with E-state index in [4.69, 9.17) is 0 Å². The Balaban J connectivity index is 2.03. The number of nitrogens with zero attached hydrogens (tertiary/aromatic N) is 1. The van der Waals surface area contributed by atoms with Crippen LogP contribution in [0.2, 0.25) is 0 Å².